The molecule has 1 atom stereocenters. The van der Waals surface area contributed by atoms with Crippen molar-refractivity contribution < 1.29 is 19.0 Å². The number of morpholine rings is 1. The Labute approximate surface area is 203 Å². The first-order valence-electron chi connectivity index (χ1n) is 11.6. The number of allylic oxidation sites excluding steroid dienone is 1. The van der Waals surface area contributed by atoms with E-state index < -0.39 is 6.10 Å². The number of halogens is 1. The van der Waals surface area contributed by atoms with Gasteiger partial charge in [0.25, 0.3) is 0 Å². The van der Waals surface area contributed by atoms with Crippen LogP contribution >= 0.6 is 0 Å². The minimum Gasteiger partial charge on any atom is -0.492 e. The van der Waals surface area contributed by atoms with Gasteiger partial charge in [0.1, 0.15) is 30.1 Å². The van der Waals surface area contributed by atoms with Gasteiger partial charge >= 0.3 is 0 Å². The zero-order chi connectivity index (χ0) is 24.8. The number of benzene rings is 2. The number of nitrogens with zero attached hydrogens (tertiary/aromatic N) is 4. The van der Waals surface area contributed by atoms with Crippen molar-refractivity contribution in [2.45, 2.75) is 20.0 Å². The number of fused-ring (bicyclic) bond motifs is 1. The minimum atomic E-state index is -1.16. The van der Waals surface area contributed by atoms with E-state index in [1.54, 1.807) is 12.1 Å². The van der Waals surface area contributed by atoms with Crippen molar-refractivity contribution in [2.75, 3.05) is 39.5 Å². The summed E-state index contributed by atoms with van der Waals surface area (Å²) in [7, 11) is 0. The van der Waals surface area contributed by atoms with E-state index in [2.05, 4.69) is 19.9 Å². The molecule has 0 spiro atoms. The van der Waals surface area contributed by atoms with Crippen molar-refractivity contribution in [2.24, 2.45) is 10.7 Å². The summed E-state index contributed by atoms with van der Waals surface area (Å²) in [5.74, 6) is 1.02. The smallest absolute Gasteiger partial charge is 0.165 e. The molecule has 1 aliphatic rings. The summed E-state index contributed by atoms with van der Waals surface area (Å²) in [5, 5.41) is 11.6. The Morgan fingerprint density at radius 1 is 1.20 bits per heavy atom. The lowest BCUT2D eigenvalue weighted by Crippen LogP contribution is -2.38. The molecule has 0 aliphatic carbocycles. The van der Waals surface area contributed by atoms with Crippen molar-refractivity contribution in [3.8, 4) is 5.75 Å². The van der Waals surface area contributed by atoms with Gasteiger partial charge < -0.3 is 20.3 Å². The molecule has 1 aliphatic heterocycles. The highest BCUT2D eigenvalue weighted by molar-refractivity contribution is 5.97. The number of nitrogens with two attached hydrogens (primary N) is 1. The molecule has 3 aromatic rings. The van der Waals surface area contributed by atoms with Crippen LogP contribution in [0.5, 0.6) is 5.75 Å². The quantitative estimate of drug-likeness (QED) is 0.376. The first-order valence-corrected chi connectivity index (χ1v) is 11.6. The van der Waals surface area contributed by atoms with Crippen molar-refractivity contribution in [1.29, 1.82) is 0 Å². The first-order chi connectivity index (χ1) is 16.9. The second kappa shape index (κ2) is 11.4. The van der Waals surface area contributed by atoms with Gasteiger partial charge in [-0.15, -0.1) is 0 Å². The molecule has 4 rings (SSSR count). The van der Waals surface area contributed by atoms with Gasteiger partial charge in [0.2, 0.25) is 0 Å². The maximum Gasteiger partial charge on any atom is 0.165 e. The number of aromatic nitrogens is 2. The molecule has 1 saturated heterocycles. The van der Waals surface area contributed by atoms with E-state index >= 15 is 0 Å². The van der Waals surface area contributed by atoms with Gasteiger partial charge in [-0.3, -0.25) is 4.90 Å². The van der Waals surface area contributed by atoms with E-state index in [4.69, 9.17) is 15.2 Å². The standard InChI is InChI=1S/C26H30FN5O3/c1-17(2)15-23(28)30-25-21-8-7-20(35-14-11-32-9-12-34-13-10-32)16-22(21)29-26(31-25)24(33)18-3-5-19(27)6-4-18/h3-8,15-16,24,33H,9-14H2,1-2H3,(H2,28,29,30,31). The highest BCUT2D eigenvalue weighted by Crippen LogP contribution is 2.30. The fraction of sp³-hybridized carbons (Fsp3) is 0.346. The number of aliphatic hydroxyl groups excluding tert-OH is 1. The van der Waals surface area contributed by atoms with Gasteiger partial charge in [-0.2, -0.15) is 0 Å². The largest absolute Gasteiger partial charge is 0.492 e. The van der Waals surface area contributed by atoms with Crippen molar-refractivity contribution >= 4 is 22.6 Å². The van der Waals surface area contributed by atoms with Crippen molar-refractivity contribution in [3.63, 3.8) is 0 Å². The summed E-state index contributed by atoms with van der Waals surface area (Å²) in [6.45, 7) is 8.45. The van der Waals surface area contributed by atoms with Gasteiger partial charge in [-0.25, -0.2) is 19.4 Å². The van der Waals surface area contributed by atoms with Crippen LogP contribution in [0.15, 0.2) is 59.1 Å². The molecule has 2 aromatic carbocycles. The Morgan fingerprint density at radius 3 is 2.66 bits per heavy atom. The van der Waals surface area contributed by atoms with Gasteiger partial charge in [-0.1, -0.05) is 17.7 Å². The molecule has 1 unspecified atom stereocenters. The summed E-state index contributed by atoms with van der Waals surface area (Å²) in [4.78, 5) is 15.8. The number of amidine groups is 1. The topological polar surface area (TPSA) is 106 Å². The minimum absolute atomic E-state index is 0.137. The molecule has 0 saturated carbocycles. The summed E-state index contributed by atoms with van der Waals surface area (Å²) >= 11 is 0. The maximum atomic E-state index is 13.4. The lowest BCUT2D eigenvalue weighted by molar-refractivity contribution is 0.0322. The van der Waals surface area contributed by atoms with Gasteiger partial charge in [-0.05, 0) is 49.8 Å². The average Bonchev–Trinajstić information content (AvgIpc) is 2.84. The predicted octanol–water partition coefficient (Wildman–Crippen LogP) is 3.52. The molecule has 0 radical (unpaired) electrons. The van der Waals surface area contributed by atoms with Crippen LogP contribution in [0.1, 0.15) is 31.3 Å². The Balaban J connectivity index is 1.65. The van der Waals surface area contributed by atoms with Crippen LogP contribution in [0, 0.1) is 5.82 Å². The van der Waals surface area contributed by atoms with Gasteiger partial charge in [0, 0.05) is 31.1 Å². The normalized spacial score (nSPS) is 15.7. The van der Waals surface area contributed by atoms with Crippen LogP contribution < -0.4 is 10.5 Å². The second-order valence-corrected chi connectivity index (χ2v) is 8.60. The van der Waals surface area contributed by atoms with Gasteiger partial charge in [0.05, 0.1) is 18.7 Å². The number of rotatable bonds is 8. The van der Waals surface area contributed by atoms with Crippen LogP contribution in [0.2, 0.25) is 0 Å². The lowest BCUT2D eigenvalue weighted by atomic mass is 10.1. The molecular formula is C26H30FN5O3. The molecule has 0 amide bonds. The van der Waals surface area contributed by atoms with Crippen LogP contribution in [-0.2, 0) is 4.74 Å². The third kappa shape index (κ3) is 6.60. The first kappa shape index (κ1) is 24.7. The molecule has 9 heteroatoms. The number of aliphatic imine (C=N–C) groups is 1. The highest BCUT2D eigenvalue weighted by Gasteiger charge is 2.18. The summed E-state index contributed by atoms with van der Waals surface area (Å²) in [6.07, 6.45) is 0.581. The fourth-order valence-corrected chi connectivity index (χ4v) is 3.77. The number of hydrogen-bond donors (Lipinski definition) is 2. The lowest BCUT2D eigenvalue weighted by Gasteiger charge is -2.26. The maximum absolute atomic E-state index is 13.4. The number of ether oxygens (including phenoxy) is 2. The Kier molecular flexibility index (Phi) is 8.02. The Hall–Kier alpha value is -3.40. The zero-order valence-corrected chi connectivity index (χ0v) is 19.9. The van der Waals surface area contributed by atoms with Crippen LogP contribution in [-0.4, -0.2) is 65.3 Å². The SMILES string of the molecule is CC(C)=CC(N)=Nc1nc(C(O)c2ccc(F)cc2)nc2cc(OCCN3CCOCC3)ccc12. The third-order valence-corrected chi connectivity index (χ3v) is 5.55. The molecule has 3 N–H and O–H groups in total. The molecule has 0 bridgehead atoms. The third-order valence-electron chi connectivity index (χ3n) is 5.55. The average molecular weight is 480 g/mol. The molecule has 2 heterocycles. The van der Waals surface area contributed by atoms with E-state index in [0.29, 0.717) is 34.6 Å². The fourth-order valence-electron chi connectivity index (χ4n) is 3.77. The Bertz CT molecular complexity index is 1220. The predicted molar refractivity (Wildman–Crippen MR) is 133 cm³/mol. The van der Waals surface area contributed by atoms with E-state index in [0.717, 1.165) is 38.4 Å². The highest BCUT2D eigenvalue weighted by atomic mass is 19.1. The molecular weight excluding hydrogens is 449 g/mol. The molecule has 1 aromatic heterocycles. The monoisotopic (exact) mass is 479 g/mol. The molecule has 35 heavy (non-hydrogen) atoms. The van der Waals surface area contributed by atoms with E-state index in [-0.39, 0.29) is 17.5 Å². The summed E-state index contributed by atoms with van der Waals surface area (Å²) in [5.41, 5.74) is 8.11. The molecule has 8 nitrogen and oxygen atoms in total. The summed E-state index contributed by atoms with van der Waals surface area (Å²) in [6, 6.07) is 11.0. The van der Waals surface area contributed by atoms with Crippen LogP contribution in [0.25, 0.3) is 10.9 Å². The van der Waals surface area contributed by atoms with E-state index in [1.807, 2.05) is 26.0 Å². The summed E-state index contributed by atoms with van der Waals surface area (Å²) < 4.78 is 24.7. The van der Waals surface area contributed by atoms with Crippen molar-refractivity contribution in [3.05, 3.63) is 71.3 Å². The van der Waals surface area contributed by atoms with Crippen LogP contribution in [0.3, 0.4) is 0 Å². The van der Waals surface area contributed by atoms with Crippen LogP contribution in [0.4, 0.5) is 10.2 Å². The molecule has 184 valence electrons. The van der Waals surface area contributed by atoms with Gasteiger partial charge in [0.15, 0.2) is 11.6 Å². The molecule has 1 fully saturated rings. The zero-order valence-electron chi connectivity index (χ0n) is 19.9. The van der Waals surface area contributed by atoms with E-state index in [1.165, 1.54) is 24.3 Å². The van der Waals surface area contributed by atoms with Crippen molar-refractivity contribution in [1.82, 2.24) is 14.9 Å². The number of aliphatic hydroxyl groups is 1. The Morgan fingerprint density at radius 2 is 1.94 bits per heavy atom. The van der Waals surface area contributed by atoms with E-state index in [9.17, 15) is 9.50 Å². The number of hydrogen-bond acceptors (Lipinski definition) is 7. The second-order valence-electron chi connectivity index (χ2n) is 8.60.